The number of pyridine rings is 2. The van der Waals surface area contributed by atoms with Crippen LogP contribution < -0.4 is 5.32 Å². The summed E-state index contributed by atoms with van der Waals surface area (Å²) in [6.45, 7) is 6.21. The smallest absolute Gasteiger partial charge is 0.136 e. The van der Waals surface area contributed by atoms with Crippen LogP contribution in [0.4, 0.5) is 5.82 Å². The number of halogens is 1. The molecule has 0 saturated carbocycles. The third-order valence-electron chi connectivity index (χ3n) is 3.85. The van der Waals surface area contributed by atoms with Crippen LogP contribution in [0.25, 0.3) is 10.8 Å². The fourth-order valence-corrected chi connectivity index (χ4v) is 2.75. The summed E-state index contributed by atoms with van der Waals surface area (Å²) in [4.78, 5) is 13.2. The highest BCUT2D eigenvalue weighted by atomic mass is 35.5. The van der Waals surface area contributed by atoms with Gasteiger partial charge in [-0.2, -0.15) is 0 Å². The number of anilines is 1. The Balaban J connectivity index is 2.01. The SMILES string of the molecule is CC/C=C\[C@@](C)(Nc1nccc2cc(Cl)ncc12)C1=CC(C)=N1. The van der Waals surface area contributed by atoms with Gasteiger partial charge in [-0.15, -0.1) is 0 Å². The van der Waals surface area contributed by atoms with Crippen LogP contribution in [0.15, 0.2) is 53.4 Å². The van der Waals surface area contributed by atoms with E-state index in [0.717, 1.165) is 34.4 Å². The van der Waals surface area contributed by atoms with E-state index >= 15 is 0 Å². The van der Waals surface area contributed by atoms with Gasteiger partial charge in [-0.05, 0) is 43.9 Å². The Bertz CT molecular complexity index is 838. The number of aromatic nitrogens is 2. The Morgan fingerprint density at radius 3 is 2.83 bits per heavy atom. The molecule has 0 aliphatic carbocycles. The lowest BCUT2D eigenvalue weighted by molar-refractivity contribution is 0.720. The molecule has 0 radical (unpaired) electrons. The summed E-state index contributed by atoms with van der Waals surface area (Å²) in [5, 5.41) is 5.94. The Hall–Kier alpha value is -2.20. The van der Waals surface area contributed by atoms with E-state index in [9.17, 15) is 0 Å². The first-order chi connectivity index (χ1) is 11.0. The van der Waals surface area contributed by atoms with Crippen LogP contribution >= 0.6 is 11.6 Å². The first-order valence-electron chi connectivity index (χ1n) is 7.65. The van der Waals surface area contributed by atoms with Gasteiger partial charge in [0.1, 0.15) is 11.0 Å². The molecule has 118 valence electrons. The molecule has 0 fully saturated rings. The topological polar surface area (TPSA) is 50.2 Å². The maximum absolute atomic E-state index is 5.98. The maximum atomic E-state index is 5.98. The largest absolute Gasteiger partial charge is 0.355 e. The zero-order chi connectivity index (χ0) is 16.4. The minimum atomic E-state index is -0.406. The van der Waals surface area contributed by atoms with E-state index in [1.165, 1.54) is 0 Å². The fraction of sp³-hybridized carbons (Fsp3) is 0.278. The van der Waals surface area contributed by atoms with Crippen molar-refractivity contribution < 1.29 is 0 Å². The van der Waals surface area contributed by atoms with E-state index in [1.807, 2.05) is 19.1 Å². The van der Waals surface area contributed by atoms with E-state index in [4.69, 9.17) is 11.6 Å². The van der Waals surface area contributed by atoms with Crippen LogP contribution in [0.3, 0.4) is 0 Å². The van der Waals surface area contributed by atoms with Crippen molar-refractivity contribution >= 4 is 33.9 Å². The number of hydrogen-bond donors (Lipinski definition) is 1. The average Bonchev–Trinajstić information content (AvgIpc) is 2.50. The average molecular weight is 327 g/mol. The fourth-order valence-electron chi connectivity index (χ4n) is 2.58. The predicted molar refractivity (Wildman–Crippen MR) is 97.2 cm³/mol. The number of fused-ring (bicyclic) bond motifs is 1. The van der Waals surface area contributed by atoms with Gasteiger partial charge in [0.05, 0.1) is 11.2 Å². The zero-order valence-electron chi connectivity index (χ0n) is 13.5. The summed E-state index contributed by atoms with van der Waals surface area (Å²) in [6, 6.07) is 3.77. The third-order valence-corrected chi connectivity index (χ3v) is 4.06. The molecule has 0 unspecified atom stereocenters. The lowest BCUT2D eigenvalue weighted by Crippen LogP contribution is -2.37. The lowest BCUT2D eigenvalue weighted by Gasteiger charge is -2.32. The highest BCUT2D eigenvalue weighted by Gasteiger charge is 2.30. The molecular formula is C18H19ClN4. The zero-order valence-corrected chi connectivity index (χ0v) is 14.2. The second kappa shape index (κ2) is 6.13. The summed E-state index contributed by atoms with van der Waals surface area (Å²) in [5.41, 5.74) is 1.63. The number of allylic oxidation sites excluding steroid dienone is 2. The second-order valence-corrected chi connectivity index (χ2v) is 6.20. The van der Waals surface area contributed by atoms with Crippen molar-refractivity contribution in [3.8, 4) is 0 Å². The van der Waals surface area contributed by atoms with Gasteiger partial charge in [0, 0.05) is 23.5 Å². The van der Waals surface area contributed by atoms with Gasteiger partial charge in [-0.3, -0.25) is 4.99 Å². The molecule has 1 N–H and O–H groups in total. The van der Waals surface area contributed by atoms with Crippen LogP contribution in [0, 0.1) is 0 Å². The summed E-state index contributed by atoms with van der Waals surface area (Å²) in [7, 11) is 0. The number of nitrogens with one attached hydrogen (secondary N) is 1. The first-order valence-corrected chi connectivity index (χ1v) is 8.03. The van der Waals surface area contributed by atoms with Crippen molar-refractivity contribution in [2.75, 3.05) is 5.32 Å². The number of nitrogens with zero attached hydrogens (tertiary/aromatic N) is 3. The molecule has 0 aromatic carbocycles. The van der Waals surface area contributed by atoms with Crippen molar-refractivity contribution in [3.63, 3.8) is 0 Å². The predicted octanol–water partition coefficient (Wildman–Crippen LogP) is 4.78. The molecule has 3 rings (SSSR count). The molecule has 0 bridgehead atoms. The van der Waals surface area contributed by atoms with Crippen LogP contribution in [-0.2, 0) is 0 Å². The van der Waals surface area contributed by atoms with Gasteiger partial charge < -0.3 is 5.32 Å². The summed E-state index contributed by atoms with van der Waals surface area (Å²) in [6.07, 6.45) is 10.9. The number of aliphatic imine (C=N–C) groups is 1. The molecule has 2 aromatic heterocycles. The summed E-state index contributed by atoms with van der Waals surface area (Å²) in [5.74, 6) is 0.774. The third kappa shape index (κ3) is 3.13. The van der Waals surface area contributed by atoms with E-state index in [-0.39, 0.29) is 0 Å². The molecule has 1 aliphatic heterocycles. The van der Waals surface area contributed by atoms with Gasteiger partial charge in [-0.1, -0.05) is 30.7 Å². The maximum Gasteiger partial charge on any atom is 0.136 e. The Labute approximate surface area is 141 Å². The van der Waals surface area contributed by atoms with E-state index in [2.05, 4.69) is 52.4 Å². The van der Waals surface area contributed by atoms with Gasteiger partial charge in [0.25, 0.3) is 0 Å². The lowest BCUT2D eigenvalue weighted by atomic mass is 9.92. The van der Waals surface area contributed by atoms with Crippen LogP contribution in [0.1, 0.15) is 27.2 Å². The molecule has 23 heavy (non-hydrogen) atoms. The number of hydrogen-bond acceptors (Lipinski definition) is 4. The summed E-state index contributed by atoms with van der Waals surface area (Å²) < 4.78 is 0. The highest BCUT2D eigenvalue weighted by molar-refractivity contribution is 6.30. The molecule has 0 saturated heterocycles. The van der Waals surface area contributed by atoms with E-state index in [0.29, 0.717) is 5.15 Å². The van der Waals surface area contributed by atoms with Crippen molar-refractivity contribution in [2.45, 2.75) is 32.7 Å². The monoisotopic (exact) mass is 326 g/mol. The second-order valence-electron chi connectivity index (χ2n) is 5.81. The minimum absolute atomic E-state index is 0.406. The van der Waals surface area contributed by atoms with Gasteiger partial charge >= 0.3 is 0 Å². The molecule has 2 aromatic rings. The van der Waals surface area contributed by atoms with Gasteiger partial charge in [-0.25, -0.2) is 9.97 Å². The van der Waals surface area contributed by atoms with Gasteiger partial charge in [0.15, 0.2) is 0 Å². The van der Waals surface area contributed by atoms with E-state index in [1.54, 1.807) is 12.4 Å². The first kappa shape index (κ1) is 15.7. The molecular weight excluding hydrogens is 308 g/mol. The van der Waals surface area contributed by atoms with Crippen LogP contribution in [0.2, 0.25) is 5.15 Å². The molecule has 4 nitrogen and oxygen atoms in total. The quantitative estimate of drug-likeness (QED) is 0.635. The molecule has 1 atom stereocenters. The Morgan fingerprint density at radius 1 is 1.35 bits per heavy atom. The van der Waals surface area contributed by atoms with Crippen molar-refractivity contribution in [3.05, 3.63) is 53.6 Å². The molecule has 3 heterocycles. The minimum Gasteiger partial charge on any atom is -0.355 e. The summed E-state index contributed by atoms with van der Waals surface area (Å²) >= 11 is 5.98. The molecule has 1 aliphatic rings. The van der Waals surface area contributed by atoms with Crippen molar-refractivity contribution in [2.24, 2.45) is 4.99 Å². The molecule has 5 heteroatoms. The van der Waals surface area contributed by atoms with Crippen LogP contribution in [0.5, 0.6) is 0 Å². The van der Waals surface area contributed by atoms with Crippen molar-refractivity contribution in [1.29, 1.82) is 0 Å². The molecule has 0 spiro atoms. The standard InChI is InChI=1S/C18H19ClN4/c1-4-5-7-18(3,15-9-12(2)22-15)23-17-14-11-21-16(19)10-13(14)6-8-20-17/h5-11H,4H2,1-3H3,(H,20,23)/b7-5-/t18-/m1/s1. The highest BCUT2D eigenvalue weighted by Crippen LogP contribution is 2.32. The van der Waals surface area contributed by atoms with E-state index < -0.39 is 5.54 Å². The van der Waals surface area contributed by atoms with Crippen molar-refractivity contribution in [1.82, 2.24) is 9.97 Å². The number of rotatable bonds is 5. The van der Waals surface area contributed by atoms with Crippen LogP contribution in [-0.4, -0.2) is 21.2 Å². The Kier molecular flexibility index (Phi) is 4.18. The Morgan fingerprint density at radius 2 is 2.13 bits per heavy atom. The van der Waals surface area contributed by atoms with Gasteiger partial charge in [0.2, 0.25) is 0 Å². The molecule has 0 amide bonds. The normalized spacial score (nSPS) is 16.7.